The van der Waals surface area contributed by atoms with Crippen LogP contribution in [-0.2, 0) is 6.54 Å². The van der Waals surface area contributed by atoms with Crippen LogP contribution in [-0.4, -0.2) is 7.11 Å². The number of nitrogens with one attached hydrogen (secondary N) is 1. The summed E-state index contributed by atoms with van der Waals surface area (Å²) in [5, 5.41) is 3.22. The summed E-state index contributed by atoms with van der Waals surface area (Å²) in [6.45, 7) is 2.96. The second kappa shape index (κ2) is 6.08. The van der Waals surface area contributed by atoms with Gasteiger partial charge in [-0.3, -0.25) is 0 Å². The van der Waals surface area contributed by atoms with Crippen molar-refractivity contribution < 1.29 is 4.74 Å². The van der Waals surface area contributed by atoms with Crippen molar-refractivity contribution in [3.05, 3.63) is 42.1 Å². The Hall–Kier alpha value is -1.44. The van der Waals surface area contributed by atoms with Crippen LogP contribution in [0.3, 0.4) is 0 Å². The van der Waals surface area contributed by atoms with Crippen LogP contribution in [0.4, 0.5) is 0 Å². The van der Waals surface area contributed by atoms with E-state index in [0.29, 0.717) is 0 Å². The third kappa shape index (κ3) is 3.52. The number of benzene rings is 1. The minimum absolute atomic E-state index is 0.841. The Bertz CT molecular complexity index is 294. The van der Waals surface area contributed by atoms with Crippen LogP contribution in [0.2, 0.25) is 0 Å². The van der Waals surface area contributed by atoms with E-state index in [4.69, 9.17) is 4.74 Å². The molecule has 0 heterocycles. The van der Waals surface area contributed by atoms with Gasteiger partial charge in [-0.2, -0.15) is 0 Å². The third-order valence-electron chi connectivity index (χ3n) is 1.91. The van der Waals surface area contributed by atoms with Gasteiger partial charge in [0.1, 0.15) is 5.75 Å². The zero-order valence-electron chi connectivity index (χ0n) is 8.79. The summed E-state index contributed by atoms with van der Waals surface area (Å²) in [5.74, 6) is 0.906. The van der Waals surface area contributed by atoms with Gasteiger partial charge in [0.2, 0.25) is 0 Å². The molecule has 1 rings (SSSR count). The molecule has 2 heteroatoms. The fourth-order valence-corrected chi connectivity index (χ4v) is 1.16. The molecule has 0 radical (unpaired) electrons. The number of allylic oxidation sites excluding steroid dienone is 1. The normalized spacial score (nSPS) is 10.4. The Labute approximate surface area is 85.6 Å². The lowest BCUT2D eigenvalue weighted by Crippen LogP contribution is -2.04. The maximum atomic E-state index is 5.14. The van der Waals surface area contributed by atoms with Crippen LogP contribution in [0.5, 0.6) is 5.75 Å². The number of hydrogen-bond donors (Lipinski definition) is 1. The number of methoxy groups -OCH3 is 1. The molecule has 0 aromatic heterocycles. The van der Waals surface area contributed by atoms with Crippen molar-refractivity contribution in [2.75, 3.05) is 7.11 Å². The maximum absolute atomic E-state index is 5.14. The molecular weight excluding hydrogens is 174 g/mol. The molecule has 1 aromatic rings. The van der Waals surface area contributed by atoms with Crippen LogP contribution < -0.4 is 10.1 Å². The summed E-state index contributed by atoms with van der Waals surface area (Å²) >= 11 is 0. The van der Waals surface area contributed by atoms with Gasteiger partial charge in [0.05, 0.1) is 7.11 Å². The van der Waals surface area contributed by atoms with E-state index in [1.165, 1.54) is 5.56 Å². The van der Waals surface area contributed by atoms with Gasteiger partial charge in [-0.25, -0.2) is 0 Å². The average molecular weight is 191 g/mol. The van der Waals surface area contributed by atoms with E-state index < -0.39 is 0 Å². The maximum Gasteiger partial charge on any atom is 0.119 e. The minimum atomic E-state index is 0.841. The van der Waals surface area contributed by atoms with Crippen LogP contribution in [0.25, 0.3) is 0 Å². The molecule has 0 fully saturated rings. The van der Waals surface area contributed by atoms with E-state index in [1.807, 2.05) is 24.4 Å². The van der Waals surface area contributed by atoms with E-state index in [2.05, 4.69) is 24.4 Å². The summed E-state index contributed by atoms with van der Waals surface area (Å²) in [6, 6.07) is 8.06. The first-order valence-electron chi connectivity index (χ1n) is 4.88. The molecule has 0 aliphatic heterocycles. The lowest BCUT2D eigenvalue weighted by molar-refractivity contribution is 0.414. The highest BCUT2D eigenvalue weighted by atomic mass is 16.5. The fourth-order valence-electron chi connectivity index (χ4n) is 1.16. The quantitative estimate of drug-likeness (QED) is 0.772. The largest absolute Gasteiger partial charge is 0.497 e. The van der Waals surface area contributed by atoms with Gasteiger partial charge < -0.3 is 10.1 Å². The molecule has 0 saturated heterocycles. The lowest BCUT2D eigenvalue weighted by Gasteiger charge is -2.04. The SMILES string of the molecule is CC/C=C/NCc1cccc(OC)c1. The number of hydrogen-bond acceptors (Lipinski definition) is 2. The van der Waals surface area contributed by atoms with Crippen LogP contribution >= 0.6 is 0 Å². The Kier molecular flexibility index (Phi) is 4.62. The first kappa shape index (κ1) is 10.6. The average Bonchev–Trinajstić information content (AvgIpc) is 2.25. The molecule has 76 valence electrons. The first-order chi connectivity index (χ1) is 6.86. The van der Waals surface area contributed by atoms with Crippen molar-refractivity contribution in [3.63, 3.8) is 0 Å². The van der Waals surface area contributed by atoms with Crippen molar-refractivity contribution in [2.45, 2.75) is 19.9 Å². The number of ether oxygens (including phenoxy) is 1. The summed E-state index contributed by atoms with van der Waals surface area (Å²) in [5.41, 5.74) is 1.23. The second-order valence-corrected chi connectivity index (χ2v) is 3.04. The topological polar surface area (TPSA) is 21.3 Å². The van der Waals surface area contributed by atoms with Gasteiger partial charge in [-0.1, -0.05) is 25.1 Å². The molecule has 0 amide bonds. The Balaban J connectivity index is 2.46. The molecular formula is C12H17NO. The highest BCUT2D eigenvalue weighted by molar-refractivity contribution is 5.28. The predicted octanol–water partition coefficient (Wildman–Crippen LogP) is 2.71. The minimum Gasteiger partial charge on any atom is -0.497 e. The molecule has 0 aliphatic carbocycles. The summed E-state index contributed by atoms with van der Waals surface area (Å²) in [6.07, 6.45) is 5.14. The Morgan fingerprint density at radius 1 is 1.43 bits per heavy atom. The Morgan fingerprint density at radius 2 is 2.29 bits per heavy atom. The van der Waals surface area contributed by atoms with Gasteiger partial charge in [-0.05, 0) is 30.3 Å². The molecule has 0 aliphatic rings. The zero-order valence-corrected chi connectivity index (χ0v) is 8.79. The van der Waals surface area contributed by atoms with E-state index in [0.717, 1.165) is 18.7 Å². The Morgan fingerprint density at radius 3 is 3.00 bits per heavy atom. The number of rotatable bonds is 5. The van der Waals surface area contributed by atoms with Crippen molar-refractivity contribution in [1.82, 2.24) is 5.32 Å². The molecule has 1 N–H and O–H groups in total. The molecule has 0 spiro atoms. The molecule has 1 aromatic carbocycles. The lowest BCUT2D eigenvalue weighted by atomic mass is 10.2. The van der Waals surface area contributed by atoms with E-state index >= 15 is 0 Å². The monoisotopic (exact) mass is 191 g/mol. The van der Waals surface area contributed by atoms with Crippen molar-refractivity contribution in [1.29, 1.82) is 0 Å². The molecule has 0 atom stereocenters. The van der Waals surface area contributed by atoms with Crippen molar-refractivity contribution in [2.24, 2.45) is 0 Å². The summed E-state index contributed by atoms with van der Waals surface area (Å²) in [4.78, 5) is 0. The zero-order chi connectivity index (χ0) is 10.2. The molecule has 0 saturated carbocycles. The van der Waals surface area contributed by atoms with Gasteiger partial charge in [0, 0.05) is 6.54 Å². The highest BCUT2D eigenvalue weighted by Crippen LogP contribution is 2.11. The molecule has 0 bridgehead atoms. The fraction of sp³-hybridized carbons (Fsp3) is 0.333. The van der Waals surface area contributed by atoms with Gasteiger partial charge in [0.25, 0.3) is 0 Å². The molecule has 0 unspecified atom stereocenters. The van der Waals surface area contributed by atoms with Crippen LogP contribution in [0.15, 0.2) is 36.5 Å². The first-order valence-corrected chi connectivity index (χ1v) is 4.88. The standard InChI is InChI=1S/C12H17NO/c1-3-4-8-13-10-11-6-5-7-12(9-11)14-2/h4-9,13H,3,10H2,1-2H3/b8-4+. The van der Waals surface area contributed by atoms with Gasteiger partial charge in [-0.15, -0.1) is 0 Å². The van der Waals surface area contributed by atoms with Gasteiger partial charge >= 0.3 is 0 Å². The van der Waals surface area contributed by atoms with Crippen LogP contribution in [0, 0.1) is 0 Å². The van der Waals surface area contributed by atoms with E-state index in [-0.39, 0.29) is 0 Å². The smallest absolute Gasteiger partial charge is 0.119 e. The van der Waals surface area contributed by atoms with Gasteiger partial charge in [0.15, 0.2) is 0 Å². The molecule has 2 nitrogen and oxygen atoms in total. The summed E-state index contributed by atoms with van der Waals surface area (Å²) in [7, 11) is 1.68. The van der Waals surface area contributed by atoms with Crippen LogP contribution in [0.1, 0.15) is 18.9 Å². The highest BCUT2D eigenvalue weighted by Gasteiger charge is 1.93. The van der Waals surface area contributed by atoms with E-state index in [9.17, 15) is 0 Å². The van der Waals surface area contributed by atoms with Crippen molar-refractivity contribution >= 4 is 0 Å². The van der Waals surface area contributed by atoms with E-state index in [1.54, 1.807) is 7.11 Å². The summed E-state index contributed by atoms with van der Waals surface area (Å²) < 4.78 is 5.14. The van der Waals surface area contributed by atoms with Crippen molar-refractivity contribution in [3.8, 4) is 5.75 Å². The second-order valence-electron chi connectivity index (χ2n) is 3.04. The predicted molar refractivity (Wildman–Crippen MR) is 59.3 cm³/mol. The third-order valence-corrected chi connectivity index (χ3v) is 1.91. The molecule has 14 heavy (non-hydrogen) atoms.